The predicted molar refractivity (Wildman–Crippen MR) is 66.8 cm³/mol. The van der Waals surface area contributed by atoms with Gasteiger partial charge >= 0.3 is 0 Å². The Hall–Kier alpha value is -0.500. The van der Waals surface area contributed by atoms with Crippen LogP contribution < -0.4 is 5.32 Å². The van der Waals surface area contributed by atoms with Crippen LogP contribution in [0.4, 0.5) is 5.69 Å². The first-order chi connectivity index (χ1) is 6.61. The number of benzene rings is 1. The Morgan fingerprint density at radius 1 is 1.36 bits per heavy atom. The highest BCUT2D eigenvalue weighted by Gasteiger charge is 2.00. The van der Waals surface area contributed by atoms with Gasteiger partial charge in [-0.3, -0.25) is 0 Å². The molecule has 0 aromatic heterocycles. The van der Waals surface area contributed by atoms with Crippen molar-refractivity contribution in [1.82, 2.24) is 0 Å². The Kier molecular flexibility index (Phi) is 4.46. The van der Waals surface area contributed by atoms with Crippen molar-refractivity contribution in [2.45, 2.75) is 27.2 Å². The van der Waals surface area contributed by atoms with E-state index in [-0.39, 0.29) is 0 Å². The normalized spacial score (nSPS) is 10.6. The summed E-state index contributed by atoms with van der Waals surface area (Å²) in [6, 6.07) is 6.26. The molecule has 0 spiro atoms. The van der Waals surface area contributed by atoms with Crippen molar-refractivity contribution in [1.29, 1.82) is 0 Å². The molecule has 0 bridgehead atoms. The summed E-state index contributed by atoms with van der Waals surface area (Å²) in [7, 11) is 0. The molecule has 0 aliphatic carbocycles. The van der Waals surface area contributed by atoms with Gasteiger partial charge in [-0.05, 0) is 37.0 Å². The molecular formula is C12H18BrN. The van der Waals surface area contributed by atoms with Gasteiger partial charge in [0.15, 0.2) is 0 Å². The fourth-order valence-electron chi connectivity index (χ4n) is 1.29. The molecule has 0 fully saturated rings. The Bertz CT molecular complexity index is 294. The van der Waals surface area contributed by atoms with Crippen LogP contribution in [0.15, 0.2) is 22.7 Å². The van der Waals surface area contributed by atoms with Crippen molar-refractivity contribution in [3.8, 4) is 0 Å². The van der Waals surface area contributed by atoms with Crippen LogP contribution in [0.3, 0.4) is 0 Å². The van der Waals surface area contributed by atoms with E-state index in [0.717, 1.165) is 12.5 Å². The lowest BCUT2D eigenvalue weighted by Crippen LogP contribution is -2.05. The number of nitrogens with one attached hydrogen (secondary N) is 1. The largest absolute Gasteiger partial charge is 0.385 e. The standard InChI is InChI=1S/C12H18BrN/c1-9(2)7-8-14-12-6-4-5-11(13)10(12)3/h4-6,9,14H,7-8H2,1-3H3. The Morgan fingerprint density at radius 3 is 2.71 bits per heavy atom. The smallest absolute Gasteiger partial charge is 0.0381 e. The van der Waals surface area contributed by atoms with Crippen molar-refractivity contribution in [2.75, 3.05) is 11.9 Å². The van der Waals surface area contributed by atoms with Gasteiger partial charge in [0.05, 0.1) is 0 Å². The maximum atomic E-state index is 3.53. The van der Waals surface area contributed by atoms with Gasteiger partial charge in [0.25, 0.3) is 0 Å². The van der Waals surface area contributed by atoms with Crippen molar-refractivity contribution in [3.63, 3.8) is 0 Å². The second-order valence-electron chi connectivity index (χ2n) is 4.02. The third-order valence-electron chi connectivity index (χ3n) is 2.30. The summed E-state index contributed by atoms with van der Waals surface area (Å²) in [5.74, 6) is 0.759. The summed E-state index contributed by atoms with van der Waals surface area (Å²) in [5, 5.41) is 3.46. The lowest BCUT2D eigenvalue weighted by Gasteiger charge is -2.11. The van der Waals surface area contributed by atoms with Gasteiger partial charge in [-0.25, -0.2) is 0 Å². The van der Waals surface area contributed by atoms with E-state index >= 15 is 0 Å². The fraction of sp³-hybridized carbons (Fsp3) is 0.500. The van der Waals surface area contributed by atoms with Crippen LogP contribution in [0, 0.1) is 12.8 Å². The highest BCUT2D eigenvalue weighted by Crippen LogP contribution is 2.23. The zero-order valence-electron chi connectivity index (χ0n) is 9.10. The molecular weight excluding hydrogens is 238 g/mol. The number of hydrogen-bond acceptors (Lipinski definition) is 1. The van der Waals surface area contributed by atoms with Gasteiger partial charge in [-0.15, -0.1) is 0 Å². The summed E-state index contributed by atoms with van der Waals surface area (Å²) >= 11 is 3.53. The Morgan fingerprint density at radius 2 is 2.07 bits per heavy atom. The molecule has 0 aliphatic rings. The zero-order chi connectivity index (χ0) is 10.6. The van der Waals surface area contributed by atoms with Crippen molar-refractivity contribution in [3.05, 3.63) is 28.2 Å². The van der Waals surface area contributed by atoms with E-state index in [1.54, 1.807) is 0 Å². The lowest BCUT2D eigenvalue weighted by atomic mass is 10.1. The van der Waals surface area contributed by atoms with Crippen LogP contribution in [-0.4, -0.2) is 6.54 Å². The van der Waals surface area contributed by atoms with E-state index in [1.165, 1.54) is 22.1 Å². The maximum Gasteiger partial charge on any atom is 0.0381 e. The van der Waals surface area contributed by atoms with E-state index < -0.39 is 0 Å². The van der Waals surface area contributed by atoms with Crippen molar-refractivity contribution < 1.29 is 0 Å². The van der Waals surface area contributed by atoms with Crippen molar-refractivity contribution >= 4 is 21.6 Å². The molecule has 0 unspecified atom stereocenters. The average Bonchev–Trinajstić information content (AvgIpc) is 2.12. The molecule has 0 aliphatic heterocycles. The monoisotopic (exact) mass is 255 g/mol. The minimum Gasteiger partial charge on any atom is -0.385 e. The number of anilines is 1. The highest BCUT2D eigenvalue weighted by atomic mass is 79.9. The van der Waals surface area contributed by atoms with Crippen LogP contribution in [-0.2, 0) is 0 Å². The Labute approximate surface area is 95.0 Å². The molecule has 1 aromatic rings. The van der Waals surface area contributed by atoms with E-state index in [0.29, 0.717) is 0 Å². The molecule has 1 N–H and O–H groups in total. The van der Waals surface area contributed by atoms with E-state index in [9.17, 15) is 0 Å². The lowest BCUT2D eigenvalue weighted by molar-refractivity contribution is 0.607. The molecule has 1 nitrogen and oxygen atoms in total. The van der Waals surface area contributed by atoms with Gasteiger partial charge in [-0.1, -0.05) is 35.8 Å². The van der Waals surface area contributed by atoms with Gasteiger partial charge in [0.2, 0.25) is 0 Å². The molecule has 14 heavy (non-hydrogen) atoms. The first-order valence-electron chi connectivity index (χ1n) is 5.10. The zero-order valence-corrected chi connectivity index (χ0v) is 10.7. The third kappa shape index (κ3) is 3.33. The second kappa shape index (κ2) is 5.40. The molecule has 0 saturated carbocycles. The van der Waals surface area contributed by atoms with Gasteiger partial charge in [0.1, 0.15) is 0 Å². The van der Waals surface area contributed by atoms with E-state index in [1.807, 2.05) is 0 Å². The van der Waals surface area contributed by atoms with E-state index in [2.05, 4.69) is 60.2 Å². The topological polar surface area (TPSA) is 12.0 Å². The maximum absolute atomic E-state index is 3.53. The molecule has 0 atom stereocenters. The number of hydrogen-bond donors (Lipinski definition) is 1. The van der Waals surface area contributed by atoms with Crippen LogP contribution in [0.25, 0.3) is 0 Å². The molecule has 0 saturated heterocycles. The predicted octanol–water partition coefficient (Wildman–Crippen LogP) is 4.22. The molecule has 78 valence electrons. The minimum atomic E-state index is 0.759. The van der Waals surface area contributed by atoms with Crippen LogP contribution in [0.1, 0.15) is 25.8 Å². The SMILES string of the molecule is Cc1c(Br)cccc1NCCC(C)C. The molecule has 2 heteroatoms. The van der Waals surface area contributed by atoms with Crippen LogP contribution >= 0.6 is 15.9 Å². The van der Waals surface area contributed by atoms with Gasteiger partial charge in [-0.2, -0.15) is 0 Å². The quantitative estimate of drug-likeness (QED) is 0.850. The van der Waals surface area contributed by atoms with Gasteiger partial charge < -0.3 is 5.32 Å². The van der Waals surface area contributed by atoms with Crippen LogP contribution in [0.2, 0.25) is 0 Å². The molecule has 0 radical (unpaired) electrons. The molecule has 0 amide bonds. The first kappa shape index (κ1) is 11.6. The average molecular weight is 256 g/mol. The first-order valence-corrected chi connectivity index (χ1v) is 5.89. The van der Waals surface area contributed by atoms with Crippen LogP contribution in [0.5, 0.6) is 0 Å². The third-order valence-corrected chi connectivity index (χ3v) is 3.16. The molecule has 0 heterocycles. The molecule has 1 rings (SSSR count). The summed E-state index contributed by atoms with van der Waals surface area (Å²) in [6.07, 6.45) is 1.21. The summed E-state index contributed by atoms with van der Waals surface area (Å²) in [4.78, 5) is 0. The summed E-state index contributed by atoms with van der Waals surface area (Å²) in [5.41, 5.74) is 2.52. The van der Waals surface area contributed by atoms with E-state index in [4.69, 9.17) is 0 Å². The Balaban J connectivity index is 2.54. The fourth-order valence-corrected chi connectivity index (χ4v) is 1.66. The highest BCUT2D eigenvalue weighted by molar-refractivity contribution is 9.10. The summed E-state index contributed by atoms with van der Waals surface area (Å²) in [6.45, 7) is 7.67. The van der Waals surface area contributed by atoms with Gasteiger partial charge in [0, 0.05) is 16.7 Å². The minimum absolute atomic E-state index is 0.759. The number of rotatable bonds is 4. The second-order valence-corrected chi connectivity index (χ2v) is 4.88. The summed E-state index contributed by atoms with van der Waals surface area (Å²) < 4.78 is 1.17. The number of halogens is 1. The molecule has 1 aromatic carbocycles. The van der Waals surface area contributed by atoms with Crippen molar-refractivity contribution in [2.24, 2.45) is 5.92 Å².